The molecule has 1 saturated carbocycles. The average molecular weight is 280 g/mol. The summed E-state index contributed by atoms with van der Waals surface area (Å²) in [6, 6.07) is 0.216. The number of aromatic nitrogens is 2. The summed E-state index contributed by atoms with van der Waals surface area (Å²) in [5, 5.41) is 0. The van der Waals surface area contributed by atoms with Crippen molar-refractivity contribution in [3.8, 4) is 0 Å². The molecule has 1 unspecified atom stereocenters. The molecule has 1 atom stereocenters. The van der Waals surface area contributed by atoms with Gasteiger partial charge in [-0.25, -0.2) is 4.98 Å². The van der Waals surface area contributed by atoms with Crippen LogP contribution in [0.4, 0.5) is 0 Å². The van der Waals surface area contributed by atoms with Gasteiger partial charge in [0, 0.05) is 32.4 Å². The number of nitrogens with zero attached hydrogens (tertiary/aromatic N) is 3. The van der Waals surface area contributed by atoms with Gasteiger partial charge in [0.15, 0.2) is 0 Å². The van der Waals surface area contributed by atoms with Crippen LogP contribution in [0.1, 0.15) is 37.9 Å². The number of likely N-dealkylation sites (N-methyl/N-ethyl adjacent to an activating group) is 1. The van der Waals surface area contributed by atoms with Crippen molar-refractivity contribution in [2.75, 3.05) is 33.4 Å². The Labute approximate surface area is 122 Å². The summed E-state index contributed by atoms with van der Waals surface area (Å²) < 4.78 is 7.92. The van der Waals surface area contributed by atoms with Crippen molar-refractivity contribution >= 4 is 0 Å². The number of ether oxygens (including phenoxy) is 1. The van der Waals surface area contributed by atoms with Crippen LogP contribution in [0, 0.1) is 5.92 Å². The molecule has 0 spiro atoms. The van der Waals surface area contributed by atoms with Crippen LogP contribution in [0.5, 0.6) is 0 Å². The molecule has 0 amide bonds. The number of nitrogens with two attached hydrogens (primary N) is 1. The molecule has 20 heavy (non-hydrogen) atoms. The Hall–Kier alpha value is -0.910. The minimum absolute atomic E-state index is 0.216. The first-order valence-electron chi connectivity index (χ1n) is 7.74. The Morgan fingerprint density at radius 3 is 3.00 bits per heavy atom. The zero-order valence-electron chi connectivity index (χ0n) is 12.8. The predicted octanol–water partition coefficient (Wildman–Crippen LogP) is 1.65. The molecule has 0 aliphatic heterocycles. The number of hydrogen-bond acceptors (Lipinski definition) is 4. The van der Waals surface area contributed by atoms with Gasteiger partial charge in [-0.15, -0.1) is 0 Å². The summed E-state index contributed by atoms with van der Waals surface area (Å²) in [5.74, 6) is 0.830. The second-order valence-corrected chi connectivity index (χ2v) is 5.76. The van der Waals surface area contributed by atoms with Crippen LogP contribution < -0.4 is 5.73 Å². The van der Waals surface area contributed by atoms with E-state index >= 15 is 0 Å². The topological polar surface area (TPSA) is 56.3 Å². The molecule has 1 aromatic heterocycles. The third-order valence-corrected chi connectivity index (χ3v) is 3.94. The van der Waals surface area contributed by atoms with Gasteiger partial charge in [0.05, 0.1) is 24.7 Å². The molecule has 1 aliphatic rings. The predicted molar refractivity (Wildman–Crippen MR) is 80.5 cm³/mol. The second kappa shape index (κ2) is 7.76. The van der Waals surface area contributed by atoms with Gasteiger partial charge in [0.1, 0.15) is 0 Å². The summed E-state index contributed by atoms with van der Waals surface area (Å²) in [5.41, 5.74) is 7.18. The van der Waals surface area contributed by atoms with E-state index in [1.54, 1.807) is 0 Å². The fourth-order valence-corrected chi connectivity index (χ4v) is 2.46. The molecule has 1 aliphatic carbocycles. The maximum atomic E-state index is 5.97. The van der Waals surface area contributed by atoms with Crippen LogP contribution in [0.3, 0.4) is 0 Å². The zero-order chi connectivity index (χ0) is 14.4. The van der Waals surface area contributed by atoms with Gasteiger partial charge in [-0.05, 0) is 32.2 Å². The largest absolute Gasteiger partial charge is 0.380 e. The van der Waals surface area contributed by atoms with Crippen LogP contribution in [0.2, 0.25) is 0 Å². The van der Waals surface area contributed by atoms with Crippen molar-refractivity contribution in [3.63, 3.8) is 0 Å². The van der Waals surface area contributed by atoms with Crippen molar-refractivity contribution in [2.24, 2.45) is 11.7 Å². The summed E-state index contributed by atoms with van der Waals surface area (Å²) >= 11 is 0. The van der Waals surface area contributed by atoms with Gasteiger partial charge >= 0.3 is 0 Å². The van der Waals surface area contributed by atoms with Gasteiger partial charge in [0.2, 0.25) is 0 Å². The highest BCUT2D eigenvalue weighted by molar-refractivity contribution is 5.06. The SMILES string of the molecule is CCCn1cncc1C(CN)N(C)CCOCC1CC1. The first kappa shape index (κ1) is 15.5. The highest BCUT2D eigenvalue weighted by atomic mass is 16.5. The minimum atomic E-state index is 0.216. The quantitative estimate of drug-likeness (QED) is 0.662. The molecule has 5 heteroatoms. The third kappa shape index (κ3) is 4.30. The molecule has 2 N–H and O–H groups in total. The molecule has 1 fully saturated rings. The normalized spacial score (nSPS) is 16.8. The molecule has 1 heterocycles. The molecule has 1 aromatic rings. The highest BCUT2D eigenvalue weighted by Crippen LogP contribution is 2.28. The first-order valence-corrected chi connectivity index (χ1v) is 7.74. The molecule has 0 bridgehead atoms. The van der Waals surface area contributed by atoms with E-state index in [1.165, 1.54) is 18.5 Å². The Bertz CT molecular complexity index is 389. The van der Waals surface area contributed by atoms with Crippen molar-refractivity contribution < 1.29 is 4.74 Å². The summed E-state index contributed by atoms with van der Waals surface area (Å²) in [6.07, 6.45) is 7.64. The van der Waals surface area contributed by atoms with Crippen LogP contribution in [0.15, 0.2) is 12.5 Å². The lowest BCUT2D eigenvalue weighted by Gasteiger charge is -2.27. The fourth-order valence-electron chi connectivity index (χ4n) is 2.46. The molecule has 5 nitrogen and oxygen atoms in total. The molecule has 114 valence electrons. The maximum absolute atomic E-state index is 5.97. The summed E-state index contributed by atoms with van der Waals surface area (Å²) in [7, 11) is 2.11. The lowest BCUT2D eigenvalue weighted by atomic mass is 10.2. The molecule has 0 aromatic carbocycles. The lowest BCUT2D eigenvalue weighted by Crippen LogP contribution is -2.34. The van der Waals surface area contributed by atoms with Crippen LogP contribution in [-0.4, -0.2) is 47.8 Å². The first-order chi connectivity index (χ1) is 9.76. The molecular formula is C15H28N4O. The highest BCUT2D eigenvalue weighted by Gasteiger charge is 2.22. The van der Waals surface area contributed by atoms with Crippen LogP contribution >= 0.6 is 0 Å². The molecule has 2 rings (SSSR count). The zero-order valence-corrected chi connectivity index (χ0v) is 12.8. The second-order valence-electron chi connectivity index (χ2n) is 5.76. The van der Waals surface area contributed by atoms with Gasteiger partial charge in [-0.3, -0.25) is 4.90 Å². The average Bonchev–Trinajstić information content (AvgIpc) is 3.17. The standard InChI is InChI=1S/C15H28N4O/c1-3-6-19-12-17-10-15(19)14(9-16)18(2)7-8-20-11-13-4-5-13/h10,12-14H,3-9,11,16H2,1-2H3. The van der Waals surface area contributed by atoms with E-state index in [0.29, 0.717) is 6.54 Å². The molecular weight excluding hydrogens is 252 g/mol. The van der Waals surface area contributed by atoms with Crippen molar-refractivity contribution in [1.82, 2.24) is 14.5 Å². The lowest BCUT2D eigenvalue weighted by molar-refractivity contribution is 0.0911. The van der Waals surface area contributed by atoms with Crippen LogP contribution in [0.25, 0.3) is 0 Å². The van der Waals surface area contributed by atoms with E-state index in [1.807, 2.05) is 12.5 Å². The Morgan fingerprint density at radius 1 is 1.55 bits per heavy atom. The summed E-state index contributed by atoms with van der Waals surface area (Å²) in [4.78, 5) is 6.54. The monoisotopic (exact) mass is 280 g/mol. The van der Waals surface area contributed by atoms with Gasteiger partial charge in [-0.1, -0.05) is 6.92 Å². The Balaban J connectivity index is 1.83. The number of rotatable bonds is 10. The van der Waals surface area contributed by atoms with Crippen LogP contribution in [-0.2, 0) is 11.3 Å². The summed E-state index contributed by atoms with van der Waals surface area (Å²) in [6.45, 7) is 6.40. The van der Waals surface area contributed by atoms with E-state index in [2.05, 4.69) is 28.4 Å². The molecule has 0 radical (unpaired) electrons. The fraction of sp³-hybridized carbons (Fsp3) is 0.800. The Kier molecular flexibility index (Phi) is 6.01. The van der Waals surface area contributed by atoms with Crippen molar-refractivity contribution in [1.29, 1.82) is 0 Å². The van der Waals surface area contributed by atoms with E-state index in [9.17, 15) is 0 Å². The van der Waals surface area contributed by atoms with Crippen molar-refractivity contribution in [2.45, 2.75) is 38.8 Å². The Morgan fingerprint density at radius 2 is 2.35 bits per heavy atom. The number of imidazole rings is 1. The third-order valence-electron chi connectivity index (χ3n) is 3.94. The van der Waals surface area contributed by atoms with E-state index < -0.39 is 0 Å². The van der Waals surface area contributed by atoms with E-state index in [-0.39, 0.29) is 6.04 Å². The van der Waals surface area contributed by atoms with Crippen molar-refractivity contribution in [3.05, 3.63) is 18.2 Å². The maximum Gasteiger partial charge on any atom is 0.0948 e. The number of hydrogen-bond donors (Lipinski definition) is 1. The van der Waals surface area contributed by atoms with Gasteiger partial charge < -0.3 is 15.0 Å². The molecule has 0 saturated heterocycles. The number of aryl methyl sites for hydroxylation is 1. The van der Waals surface area contributed by atoms with Gasteiger partial charge in [0.25, 0.3) is 0 Å². The minimum Gasteiger partial charge on any atom is -0.380 e. The van der Waals surface area contributed by atoms with E-state index in [4.69, 9.17) is 10.5 Å². The van der Waals surface area contributed by atoms with Gasteiger partial charge in [-0.2, -0.15) is 0 Å². The van der Waals surface area contributed by atoms with E-state index in [0.717, 1.165) is 38.6 Å². The smallest absolute Gasteiger partial charge is 0.0948 e.